The van der Waals surface area contributed by atoms with Crippen molar-refractivity contribution in [3.8, 4) is 0 Å². The SMILES string of the molecule is CC1(C)OCC(CNCc2ccccc2)CO1. The highest BCUT2D eigenvalue weighted by Gasteiger charge is 2.27. The van der Waals surface area contributed by atoms with Crippen molar-refractivity contribution < 1.29 is 9.47 Å². The van der Waals surface area contributed by atoms with E-state index in [0.717, 1.165) is 26.3 Å². The first-order valence-electron chi connectivity index (χ1n) is 6.18. The molecular formula is C14H21NO2. The van der Waals surface area contributed by atoms with Gasteiger partial charge in [-0.2, -0.15) is 0 Å². The average Bonchev–Trinajstić information content (AvgIpc) is 2.33. The summed E-state index contributed by atoms with van der Waals surface area (Å²) in [6, 6.07) is 10.4. The molecule has 0 unspecified atom stereocenters. The molecule has 0 radical (unpaired) electrons. The van der Waals surface area contributed by atoms with Crippen molar-refractivity contribution >= 4 is 0 Å². The maximum atomic E-state index is 5.62. The number of hydrogen-bond donors (Lipinski definition) is 1. The van der Waals surface area contributed by atoms with Crippen LogP contribution in [0.3, 0.4) is 0 Å². The summed E-state index contributed by atoms with van der Waals surface area (Å²) >= 11 is 0. The van der Waals surface area contributed by atoms with Crippen LogP contribution in [-0.4, -0.2) is 25.5 Å². The van der Waals surface area contributed by atoms with E-state index in [1.165, 1.54) is 5.56 Å². The van der Waals surface area contributed by atoms with Crippen LogP contribution in [0.1, 0.15) is 19.4 Å². The van der Waals surface area contributed by atoms with Crippen molar-refractivity contribution in [1.29, 1.82) is 0 Å². The van der Waals surface area contributed by atoms with E-state index in [4.69, 9.17) is 9.47 Å². The average molecular weight is 235 g/mol. The van der Waals surface area contributed by atoms with Crippen molar-refractivity contribution in [2.75, 3.05) is 19.8 Å². The van der Waals surface area contributed by atoms with Gasteiger partial charge in [0.15, 0.2) is 5.79 Å². The van der Waals surface area contributed by atoms with Gasteiger partial charge in [0.2, 0.25) is 0 Å². The van der Waals surface area contributed by atoms with Gasteiger partial charge in [0.05, 0.1) is 13.2 Å². The molecule has 3 nitrogen and oxygen atoms in total. The van der Waals surface area contributed by atoms with Crippen molar-refractivity contribution in [3.05, 3.63) is 35.9 Å². The summed E-state index contributed by atoms with van der Waals surface area (Å²) in [6.07, 6.45) is 0. The molecule has 1 saturated heterocycles. The molecule has 1 aliphatic heterocycles. The number of hydrogen-bond acceptors (Lipinski definition) is 3. The minimum Gasteiger partial charge on any atom is -0.350 e. The predicted molar refractivity (Wildman–Crippen MR) is 67.6 cm³/mol. The summed E-state index contributed by atoms with van der Waals surface area (Å²) in [4.78, 5) is 0. The molecule has 2 rings (SSSR count). The van der Waals surface area contributed by atoms with Crippen LogP contribution in [0.25, 0.3) is 0 Å². The molecule has 0 spiro atoms. The van der Waals surface area contributed by atoms with Crippen molar-refractivity contribution in [3.63, 3.8) is 0 Å². The van der Waals surface area contributed by atoms with Crippen LogP contribution in [-0.2, 0) is 16.0 Å². The summed E-state index contributed by atoms with van der Waals surface area (Å²) in [7, 11) is 0. The molecule has 1 heterocycles. The zero-order valence-electron chi connectivity index (χ0n) is 10.6. The summed E-state index contributed by atoms with van der Waals surface area (Å²) in [5, 5.41) is 3.44. The predicted octanol–water partition coefficient (Wildman–Crippen LogP) is 2.18. The summed E-state index contributed by atoms with van der Waals surface area (Å²) in [5.74, 6) is 0.0439. The van der Waals surface area contributed by atoms with Crippen LogP contribution >= 0.6 is 0 Å². The Morgan fingerprint density at radius 2 is 1.82 bits per heavy atom. The van der Waals surface area contributed by atoms with Gasteiger partial charge in [0.25, 0.3) is 0 Å². The molecule has 94 valence electrons. The van der Waals surface area contributed by atoms with E-state index in [2.05, 4.69) is 29.6 Å². The molecule has 1 aliphatic rings. The van der Waals surface area contributed by atoms with Crippen LogP contribution < -0.4 is 5.32 Å². The molecule has 0 aromatic heterocycles. The van der Waals surface area contributed by atoms with E-state index in [-0.39, 0.29) is 0 Å². The Morgan fingerprint density at radius 3 is 2.47 bits per heavy atom. The van der Waals surface area contributed by atoms with Gasteiger partial charge >= 0.3 is 0 Å². The van der Waals surface area contributed by atoms with Gasteiger partial charge < -0.3 is 14.8 Å². The first-order valence-corrected chi connectivity index (χ1v) is 6.18. The third-order valence-corrected chi connectivity index (χ3v) is 2.94. The zero-order chi connectivity index (χ0) is 12.1. The summed E-state index contributed by atoms with van der Waals surface area (Å²) < 4.78 is 11.2. The van der Waals surface area contributed by atoms with Crippen LogP contribution in [0.4, 0.5) is 0 Å². The van der Waals surface area contributed by atoms with Gasteiger partial charge in [-0.1, -0.05) is 30.3 Å². The van der Waals surface area contributed by atoms with Crippen molar-refractivity contribution in [2.45, 2.75) is 26.2 Å². The standard InChI is InChI=1S/C14H21NO2/c1-14(2)16-10-13(11-17-14)9-15-8-12-6-4-3-5-7-12/h3-7,13,15H,8-11H2,1-2H3. The molecule has 17 heavy (non-hydrogen) atoms. The molecule has 1 N–H and O–H groups in total. The van der Waals surface area contributed by atoms with Gasteiger partial charge in [-0.25, -0.2) is 0 Å². The molecule has 0 bridgehead atoms. The number of nitrogens with one attached hydrogen (secondary N) is 1. The van der Waals surface area contributed by atoms with Crippen molar-refractivity contribution in [1.82, 2.24) is 5.32 Å². The van der Waals surface area contributed by atoms with E-state index in [1.54, 1.807) is 0 Å². The largest absolute Gasteiger partial charge is 0.350 e. The number of benzene rings is 1. The first-order chi connectivity index (χ1) is 8.16. The van der Waals surface area contributed by atoms with E-state index in [0.29, 0.717) is 5.92 Å². The number of rotatable bonds is 4. The highest BCUT2D eigenvalue weighted by molar-refractivity contribution is 5.14. The third-order valence-electron chi connectivity index (χ3n) is 2.94. The van der Waals surface area contributed by atoms with Crippen molar-refractivity contribution in [2.24, 2.45) is 5.92 Å². The Kier molecular flexibility index (Phi) is 4.15. The van der Waals surface area contributed by atoms with Gasteiger partial charge in [-0.15, -0.1) is 0 Å². The van der Waals surface area contributed by atoms with Gasteiger partial charge in [0.1, 0.15) is 0 Å². The first kappa shape index (κ1) is 12.6. The highest BCUT2D eigenvalue weighted by Crippen LogP contribution is 2.19. The fourth-order valence-corrected chi connectivity index (χ4v) is 1.86. The summed E-state index contributed by atoms with van der Waals surface area (Å²) in [5.41, 5.74) is 1.31. The monoisotopic (exact) mass is 235 g/mol. The molecule has 0 aliphatic carbocycles. The van der Waals surface area contributed by atoms with E-state index in [1.807, 2.05) is 19.9 Å². The fourth-order valence-electron chi connectivity index (χ4n) is 1.86. The number of ether oxygens (including phenoxy) is 2. The fraction of sp³-hybridized carbons (Fsp3) is 0.571. The quantitative estimate of drug-likeness (QED) is 0.867. The second-order valence-corrected chi connectivity index (χ2v) is 5.00. The minimum atomic E-state index is -0.407. The Morgan fingerprint density at radius 1 is 1.18 bits per heavy atom. The molecule has 3 heteroatoms. The molecule has 0 atom stereocenters. The molecule has 1 aromatic rings. The molecular weight excluding hydrogens is 214 g/mol. The Bertz CT molecular complexity index is 327. The molecule has 1 fully saturated rings. The van der Waals surface area contributed by atoms with Gasteiger partial charge in [-0.3, -0.25) is 0 Å². The van der Waals surface area contributed by atoms with Gasteiger partial charge in [-0.05, 0) is 19.4 Å². The Hall–Kier alpha value is -0.900. The van der Waals surface area contributed by atoms with E-state index >= 15 is 0 Å². The Balaban J connectivity index is 1.67. The summed E-state index contributed by atoms with van der Waals surface area (Å²) in [6.45, 7) is 7.30. The maximum Gasteiger partial charge on any atom is 0.162 e. The third kappa shape index (κ3) is 4.11. The Labute approximate surface area is 103 Å². The normalized spacial score (nSPS) is 20.4. The van der Waals surface area contributed by atoms with Crippen LogP contribution in [0.15, 0.2) is 30.3 Å². The molecule has 0 amide bonds. The van der Waals surface area contributed by atoms with E-state index < -0.39 is 5.79 Å². The lowest BCUT2D eigenvalue weighted by Crippen LogP contribution is -2.42. The van der Waals surface area contributed by atoms with Crippen LogP contribution in [0.2, 0.25) is 0 Å². The second kappa shape index (κ2) is 5.63. The van der Waals surface area contributed by atoms with Crippen LogP contribution in [0.5, 0.6) is 0 Å². The highest BCUT2D eigenvalue weighted by atomic mass is 16.7. The maximum absolute atomic E-state index is 5.62. The van der Waals surface area contributed by atoms with E-state index in [9.17, 15) is 0 Å². The zero-order valence-corrected chi connectivity index (χ0v) is 10.6. The van der Waals surface area contributed by atoms with Crippen LogP contribution in [0, 0.1) is 5.92 Å². The lowest BCUT2D eigenvalue weighted by Gasteiger charge is -2.35. The minimum absolute atomic E-state index is 0.407. The lowest BCUT2D eigenvalue weighted by atomic mass is 10.1. The molecule has 1 aromatic carbocycles. The topological polar surface area (TPSA) is 30.5 Å². The lowest BCUT2D eigenvalue weighted by molar-refractivity contribution is -0.261. The van der Waals surface area contributed by atoms with Gasteiger partial charge in [0, 0.05) is 19.0 Å². The molecule has 0 saturated carbocycles. The smallest absolute Gasteiger partial charge is 0.162 e. The second-order valence-electron chi connectivity index (χ2n) is 5.00.